The fourth-order valence-corrected chi connectivity index (χ4v) is 9.44. The molecule has 0 aliphatic rings. The van der Waals surface area contributed by atoms with E-state index < -0.39 is 0 Å². The number of para-hydroxylation sites is 1. The molecule has 13 aromatic rings. The summed E-state index contributed by atoms with van der Waals surface area (Å²) >= 11 is 0. The van der Waals surface area contributed by atoms with Crippen LogP contribution in [0.15, 0.2) is 233 Å². The summed E-state index contributed by atoms with van der Waals surface area (Å²) in [6.45, 7) is 0. The topological polar surface area (TPSA) is 65.0 Å². The number of rotatable bonds is 7. The summed E-state index contributed by atoms with van der Waals surface area (Å²) in [7, 11) is 0. The van der Waals surface area contributed by atoms with Crippen molar-refractivity contribution in [3.63, 3.8) is 0 Å². The first-order valence-electron chi connectivity index (χ1n) is 22.2. The van der Waals surface area contributed by atoms with Crippen molar-refractivity contribution < 1.29 is 8.83 Å². The molecule has 13 rings (SSSR count). The van der Waals surface area contributed by atoms with E-state index in [1.165, 1.54) is 10.8 Å². The first kappa shape index (κ1) is 37.6. The van der Waals surface area contributed by atoms with Crippen LogP contribution in [0.1, 0.15) is 0 Å². The predicted octanol–water partition coefficient (Wildman–Crippen LogP) is 16.5. The van der Waals surface area contributed by atoms with Crippen LogP contribution in [0.25, 0.3) is 133 Å². The second-order valence-corrected chi connectivity index (χ2v) is 16.8. The number of aromatic nitrogens is 3. The highest BCUT2D eigenvalue weighted by Gasteiger charge is 2.20. The van der Waals surface area contributed by atoms with Crippen LogP contribution in [-0.2, 0) is 0 Å². The van der Waals surface area contributed by atoms with Gasteiger partial charge in [0.25, 0.3) is 0 Å². The minimum Gasteiger partial charge on any atom is -0.456 e. The Balaban J connectivity index is 0.959. The molecule has 5 nitrogen and oxygen atoms in total. The second kappa shape index (κ2) is 15.4. The van der Waals surface area contributed by atoms with Gasteiger partial charge < -0.3 is 8.83 Å². The van der Waals surface area contributed by atoms with Crippen LogP contribution in [0.2, 0.25) is 0 Å². The van der Waals surface area contributed by atoms with Crippen LogP contribution < -0.4 is 0 Å². The highest BCUT2D eigenvalue weighted by atomic mass is 16.3. The third-order valence-electron chi connectivity index (χ3n) is 12.7. The summed E-state index contributed by atoms with van der Waals surface area (Å²) in [5.41, 5.74) is 14.7. The van der Waals surface area contributed by atoms with Gasteiger partial charge in [-0.25, -0.2) is 15.0 Å². The largest absolute Gasteiger partial charge is 0.456 e. The van der Waals surface area contributed by atoms with Crippen LogP contribution in [0.4, 0.5) is 0 Å². The monoisotopic (exact) mass is 843 g/mol. The van der Waals surface area contributed by atoms with Gasteiger partial charge in [-0.05, 0) is 98.2 Å². The quantitative estimate of drug-likeness (QED) is 0.160. The van der Waals surface area contributed by atoms with Crippen LogP contribution >= 0.6 is 0 Å². The number of benzene rings is 10. The van der Waals surface area contributed by atoms with Crippen molar-refractivity contribution in [2.75, 3.05) is 0 Å². The second-order valence-electron chi connectivity index (χ2n) is 16.8. The Labute approximate surface area is 379 Å². The van der Waals surface area contributed by atoms with Crippen LogP contribution in [0.5, 0.6) is 0 Å². The van der Waals surface area contributed by atoms with E-state index in [2.05, 4.69) is 170 Å². The molecule has 0 N–H and O–H groups in total. The van der Waals surface area contributed by atoms with Gasteiger partial charge in [0.15, 0.2) is 17.5 Å². The average Bonchev–Trinajstić information content (AvgIpc) is 3.96. The Hall–Kier alpha value is -8.93. The fourth-order valence-electron chi connectivity index (χ4n) is 9.44. The zero-order chi connectivity index (χ0) is 43.6. The number of fused-ring (bicyclic) bond motifs is 7. The van der Waals surface area contributed by atoms with Crippen molar-refractivity contribution in [2.24, 2.45) is 0 Å². The zero-order valence-electron chi connectivity index (χ0n) is 35.5. The molecule has 66 heavy (non-hydrogen) atoms. The maximum Gasteiger partial charge on any atom is 0.164 e. The molecule has 5 heteroatoms. The average molecular weight is 844 g/mol. The molecule has 0 saturated carbocycles. The SMILES string of the molecule is c1ccc(-c2cc(-c3ccc(-c4cccc5c4oc4cc6ccccc6cc45)cc3)cc(-c3nc(-c4ccccc4)nc(-c4cccc5oc6ccc(-c7ccccc7)cc6c45)n3)c2)cc1. The van der Waals surface area contributed by atoms with E-state index >= 15 is 0 Å². The summed E-state index contributed by atoms with van der Waals surface area (Å²) < 4.78 is 13.1. The molecule has 10 aromatic carbocycles. The van der Waals surface area contributed by atoms with Gasteiger partial charge in [0, 0.05) is 43.8 Å². The predicted molar refractivity (Wildman–Crippen MR) is 270 cm³/mol. The van der Waals surface area contributed by atoms with E-state index in [1.807, 2.05) is 54.6 Å². The van der Waals surface area contributed by atoms with Crippen molar-refractivity contribution in [2.45, 2.75) is 0 Å². The van der Waals surface area contributed by atoms with Crippen LogP contribution in [0, 0.1) is 0 Å². The van der Waals surface area contributed by atoms with Gasteiger partial charge in [-0.1, -0.05) is 176 Å². The van der Waals surface area contributed by atoms with Crippen LogP contribution in [0.3, 0.4) is 0 Å². The van der Waals surface area contributed by atoms with Crippen molar-refractivity contribution in [1.29, 1.82) is 0 Å². The van der Waals surface area contributed by atoms with Crippen molar-refractivity contribution in [3.8, 4) is 78.7 Å². The molecule has 308 valence electrons. The third-order valence-corrected chi connectivity index (χ3v) is 12.7. The maximum absolute atomic E-state index is 6.61. The van der Waals surface area contributed by atoms with Gasteiger partial charge in [0.05, 0.1) is 0 Å². The van der Waals surface area contributed by atoms with E-state index in [-0.39, 0.29) is 0 Å². The van der Waals surface area contributed by atoms with E-state index in [4.69, 9.17) is 23.8 Å². The molecule has 0 fully saturated rings. The molecule has 0 unspecified atom stereocenters. The smallest absolute Gasteiger partial charge is 0.164 e. The minimum atomic E-state index is 0.571. The van der Waals surface area contributed by atoms with Crippen molar-refractivity contribution in [1.82, 2.24) is 15.0 Å². The molecule has 0 bridgehead atoms. The van der Waals surface area contributed by atoms with Gasteiger partial charge in [0.2, 0.25) is 0 Å². The highest BCUT2D eigenvalue weighted by molar-refractivity contribution is 6.14. The Morgan fingerprint density at radius 2 is 0.803 bits per heavy atom. The Bertz CT molecular complexity index is 3970. The molecule has 0 radical (unpaired) electrons. The first-order chi connectivity index (χ1) is 32.7. The normalized spacial score (nSPS) is 11.6. The van der Waals surface area contributed by atoms with Crippen molar-refractivity contribution >= 4 is 54.6 Å². The summed E-state index contributed by atoms with van der Waals surface area (Å²) in [5.74, 6) is 1.74. The molecule has 0 aliphatic heterocycles. The van der Waals surface area contributed by atoms with E-state index in [0.717, 1.165) is 105 Å². The molecule has 0 aliphatic carbocycles. The standard InChI is InChI=1S/C61H37N3O2/c1-4-14-38(15-5-1)45-30-31-54-53(36-45)57-51(24-13-25-55(57)65-54)61-63-59(42-18-8-3-9-19-42)62-60(64-61)48-33-46(39-16-6-2-7-17-39)32-47(34-48)40-26-28-41(29-27-40)49-22-12-23-50-52-35-43-20-10-11-21-44(43)37-56(52)66-58(49)50/h1-37H. The first-order valence-corrected chi connectivity index (χ1v) is 22.2. The lowest BCUT2D eigenvalue weighted by atomic mass is 9.94. The minimum absolute atomic E-state index is 0.571. The molecule has 3 heterocycles. The summed E-state index contributed by atoms with van der Waals surface area (Å²) in [6.07, 6.45) is 0. The molecule has 3 aromatic heterocycles. The van der Waals surface area contributed by atoms with E-state index in [1.54, 1.807) is 0 Å². The number of hydrogen-bond donors (Lipinski definition) is 0. The summed E-state index contributed by atoms with van der Waals surface area (Å²) in [5, 5.41) is 6.57. The lowest BCUT2D eigenvalue weighted by molar-refractivity contribution is 0.669. The number of nitrogens with zero attached hydrogens (tertiary/aromatic N) is 3. The Morgan fingerprint density at radius 3 is 1.53 bits per heavy atom. The highest BCUT2D eigenvalue weighted by Crippen LogP contribution is 2.41. The van der Waals surface area contributed by atoms with Crippen molar-refractivity contribution in [3.05, 3.63) is 224 Å². The van der Waals surface area contributed by atoms with E-state index in [0.29, 0.717) is 17.5 Å². The van der Waals surface area contributed by atoms with Gasteiger partial charge in [-0.3, -0.25) is 0 Å². The third kappa shape index (κ3) is 6.53. The van der Waals surface area contributed by atoms with E-state index in [9.17, 15) is 0 Å². The molecule has 0 atom stereocenters. The van der Waals surface area contributed by atoms with Gasteiger partial charge in [-0.2, -0.15) is 0 Å². The molecule has 0 spiro atoms. The number of hydrogen-bond acceptors (Lipinski definition) is 5. The lowest BCUT2D eigenvalue weighted by Gasteiger charge is -2.13. The number of furan rings is 2. The molecular formula is C61H37N3O2. The van der Waals surface area contributed by atoms with Gasteiger partial charge >= 0.3 is 0 Å². The van der Waals surface area contributed by atoms with Gasteiger partial charge in [-0.15, -0.1) is 0 Å². The molecule has 0 amide bonds. The Morgan fingerprint density at radius 1 is 0.258 bits per heavy atom. The summed E-state index contributed by atoms with van der Waals surface area (Å²) in [4.78, 5) is 15.7. The Kier molecular flexibility index (Phi) is 8.78. The molecule has 0 saturated heterocycles. The van der Waals surface area contributed by atoms with Crippen LogP contribution in [-0.4, -0.2) is 15.0 Å². The zero-order valence-corrected chi connectivity index (χ0v) is 35.5. The van der Waals surface area contributed by atoms with Gasteiger partial charge in [0.1, 0.15) is 22.3 Å². The lowest BCUT2D eigenvalue weighted by Crippen LogP contribution is -2.01. The fraction of sp³-hybridized carbons (Fsp3) is 0. The molecular weight excluding hydrogens is 807 g/mol. The maximum atomic E-state index is 6.61. The summed E-state index contributed by atoms with van der Waals surface area (Å²) in [6, 6.07) is 78.2.